The van der Waals surface area contributed by atoms with Crippen molar-refractivity contribution in [1.29, 1.82) is 0 Å². The zero-order valence-corrected chi connectivity index (χ0v) is 18.8. The fourth-order valence-electron chi connectivity index (χ4n) is 3.86. The van der Waals surface area contributed by atoms with E-state index in [4.69, 9.17) is 13.6 Å². The normalized spacial score (nSPS) is 10.9. The molecule has 7 nitrogen and oxygen atoms in total. The highest BCUT2D eigenvalue weighted by Crippen LogP contribution is 2.32. The number of fused-ring (bicyclic) bond motifs is 1. The number of hydrogen-bond donors (Lipinski definition) is 2. The van der Waals surface area contributed by atoms with E-state index in [0.29, 0.717) is 50.8 Å². The lowest BCUT2D eigenvalue weighted by Gasteiger charge is -2.12. The molecule has 174 valence electrons. The highest BCUT2D eigenvalue weighted by Gasteiger charge is 2.15. The summed E-state index contributed by atoms with van der Waals surface area (Å²) < 4.78 is 16.5. The second-order valence-corrected chi connectivity index (χ2v) is 7.86. The molecule has 7 heteroatoms. The molecule has 0 bridgehead atoms. The SMILES string of the molecule is COc1ccc(-c2ccc(CO)o2)cc1NC(=O)c1cccc(-c2cc3ccccc3oc2=O)c1. The number of hydrogen-bond acceptors (Lipinski definition) is 6. The molecular weight excluding hydrogens is 446 g/mol. The third kappa shape index (κ3) is 4.45. The van der Waals surface area contributed by atoms with Gasteiger partial charge in [0.25, 0.3) is 5.91 Å². The highest BCUT2D eigenvalue weighted by molar-refractivity contribution is 6.06. The summed E-state index contributed by atoms with van der Waals surface area (Å²) in [5.41, 5.74) is 2.50. The number of para-hydroxylation sites is 1. The molecule has 3 aromatic carbocycles. The molecule has 0 unspecified atom stereocenters. The smallest absolute Gasteiger partial charge is 0.344 e. The summed E-state index contributed by atoms with van der Waals surface area (Å²) in [5, 5.41) is 12.9. The lowest BCUT2D eigenvalue weighted by atomic mass is 10.0. The van der Waals surface area contributed by atoms with Crippen molar-refractivity contribution in [2.75, 3.05) is 12.4 Å². The predicted octanol–water partition coefficient (Wildman–Crippen LogP) is 5.47. The number of benzene rings is 3. The van der Waals surface area contributed by atoms with Crippen molar-refractivity contribution in [3.8, 4) is 28.2 Å². The fraction of sp³-hybridized carbons (Fsp3) is 0.0714. The van der Waals surface area contributed by atoms with Crippen molar-refractivity contribution in [3.63, 3.8) is 0 Å². The first-order chi connectivity index (χ1) is 17.1. The number of ether oxygens (including phenoxy) is 1. The Kier molecular flexibility index (Phi) is 5.91. The number of aliphatic hydroxyl groups excluding tert-OH is 1. The van der Waals surface area contributed by atoms with Crippen LogP contribution in [0.1, 0.15) is 16.1 Å². The Morgan fingerprint density at radius 3 is 2.57 bits per heavy atom. The van der Waals surface area contributed by atoms with Crippen LogP contribution < -0.4 is 15.7 Å². The van der Waals surface area contributed by atoms with Crippen LogP contribution in [-0.2, 0) is 6.61 Å². The second kappa shape index (κ2) is 9.32. The first-order valence-corrected chi connectivity index (χ1v) is 10.9. The van der Waals surface area contributed by atoms with Gasteiger partial charge < -0.3 is 24.0 Å². The monoisotopic (exact) mass is 467 g/mol. The Labute approximate surface area is 200 Å². The second-order valence-electron chi connectivity index (χ2n) is 7.86. The van der Waals surface area contributed by atoms with Crippen LogP contribution in [0, 0.1) is 0 Å². The molecule has 5 rings (SSSR count). The van der Waals surface area contributed by atoms with Crippen molar-refractivity contribution >= 4 is 22.6 Å². The molecule has 0 spiro atoms. The van der Waals surface area contributed by atoms with Gasteiger partial charge in [0.1, 0.15) is 29.5 Å². The molecule has 2 heterocycles. The Morgan fingerprint density at radius 1 is 0.914 bits per heavy atom. The number of rotatable bonds is 6. The minimum absolute atomic E-state index is 0.203. The Morgan fingerprint density at radius 2 is 1.77 bits per heavy atom. The van der Waals surface area contributed by atoms with Gasteiger partial charge in [-0.05, 0) is 60.2 Å². The maximum absolute atomic E-state index is 13.1. The molecule has 2 aromatic heterocycles. The molecule has 1 amide bonds. The molecule has 0 atom stereocenters. The van der Waals surface area contributed by atoms with Gasteiger partial charge in [0.2, 0.25) is 0 Å². The molecule has 0 radical (unpaired) electrons. The van der Waals surface area contributed by atoms with E-state index in [2.05, 4.69) is 5.32 Å². The van der Waals surface area contributed by atoms with E-state index in [1.165, 1.54) is 7.11 Å². The van der Waals surface area contributed by atoms with Crippen LogP contribution in [0.2, 0.25) is 0 Å². The number of carbonyl (C=O) groups is 1. The van der Waals surface area contributed by atoms with Gasteiger partial charge in [0, 0.05) is 16.5 Å². The number of carbonyl (C=O) groups excluding carboxylic acids is 1. The minimum atomic E-state index is -0.476. The largest absolute Gasteiger partial charge is 0.495 e. The van der Waals surface area contributed by atoms with Crippen molar-refractivity contribution in [1.82, 2.24) is 0 Å². The van der Waals surface area contributed by atoms with Crippen LogP contribution in [0.25, 0.3) is 33.4 Å². The van der Waals surface area contributed by atoms with Crippen LogP contribution >= 0.6 is 0 Å². The van der Waals surface area contributed by atoms with E-state index in [1.54, 1.807) is 72.8 Å². The summed E-state index contributed by atoms with van der Waals surface area (Å²) >= 11 is 0. The van der Waals surface area contributed by atoms with Crippen LogP contribution in [0.15, 0.2) is 98.6 Å². The van der Waals surface area contributed by atoms with Gasteiger partial charge in [0.05, 0.1) is 18.4 Å². The molecule has 2 N–H and O–H groups in total. The lowest BCUT2D eigenvalue weighted by molar-refractivity contribution is 0.102. The molecular formula is C28H21NO6. The Hall–Kier alpha value is -4.62. The summed E-state index contributed by atoms with van der Waals surface area (Å²) in [6.45, 7) is -0.203. The van der Waals surface area contributed by atoms with Crippen molar-refractivity contribution < 1.29 is 23.5 Å². The van der Waals surface area contributed by atoms with Crippen molar-refractivity contribution in [2.24, 2.45) is 0 Å². The van der Waals surface area contributed by atoms with E-state index in [9.17, 15) is 14.7 Å². The van der Waals surface area contributed by atoms with Crippen LogP contribution in [0.3, 0.4) is 0 Å². The van der Waals surface area contributed by atoms with Gasteiger partial charge in [0.15, 0.2) is 0 Å². The number of amides is 1. The maximum atomic E-state index is 13.1. The number of anilines is 1. The zero-order chi connectivity index (χ0) is 24.4. The van der Waals surface area contributed by atoms with E-state index < -0.39 is 5.63 Å². The van der Waals surface area contributed by atoms with Gasteiger partial charge in [-0.3, -0.25) is 4.79 Å². The van der Waals surface area contributed by atoms with E-state index in [1.807, 2.05) is 12.1 Å². The van der Waals surface area contributed by atoms with Gasteiger partial charge in [-0.2, -0.15) is 0 Å². The number of aliphatic hydroxyl groups is 1. The minimum Gasteiger partial charge on any atom is -0.495 e. The van der Waals surface area contributed by atoms with Gasteiger partial charge >= 0.3 is 5.63 Å². The summed E-state index contributed by atoms with van der Waals surface area (Å²) in [5.74, 6) is 1.10. The molecule has 0 saturated heterocycles. The Bertz CT molecular complexity index is 1600. The molecule has 0 saturated carbocycles. The predicted molar refractivity (Wildman–Crippen MR) is 132 cm³/mol. The average Bonchev–Trinajstić information content (AvgIpc) is 3.38. The van der Waals surface area contributed by atoms with Gasteiger partial charge in [-0.25, -0.2) is 4.79 Å². The molecule has 0 aliphatic heterocycles. The van der Waals surface area contributed by atoms with E-state index >= 15 is 0 Å². The molecule has 5 aromatic rings. The van der Waals surface area contributed by atoms with E-state index in [-0.39, 0.29) is 12.5 Å². The third-order valence-corrected chi connectivity index (χ3v) is 5.63. The molecule has 0 aliphatic rings. The highest BCUT2D eigenvalue weighted by atomic mass is 16.5. The van der Waals surface area contributed by atoms with Crippen molar-refractivity contribution in [3.05, 3.63) is 107 Å². The van der Waals surface area contributed by atoms with Crippen LogP contribution in [0.4, 0.5) is 5.69 Å². The Balaban J connectivity index is 1.46. The molecule has 0 fully saturated rings. The molecule has 0 aliphatic carbocycles. The quantitative estimate of drug-likeness (QED) is 0.321. The summed E-state index contributed by atoms with van der Waals surface area (Å²) in [6, 6.07) is 24.5. The summed E-state index contributed by atoms with van der Waals surface area (Å²) in [6.07, 6.45) is 0. The number of nitrogens with one attached hydrogen (secondary N) is 1. The van der Waals surface area contributed by atoms with Crippen LogP contribution in [0.5, 0.6) is 5.75 Å². The van der Waals surface area contributed by atoms with Gasteiger partial charge in [-0.1, -0.05) is 30.3 Å². The summed E-state index contributed by atoms with van der Waals surface area (Å²) in [4.78, 5) is 25.7. The first kappa shape index (κ1) is 22.2. The molecule has 35 heavy (non-hydrogen) atoms. The zero-order valence-electron chi connectivity index (χ0n) is 18.8. The van der Waals surface area contributed by atoms with Crippen molar-refractivity contribution in [2.45, 2.75) is 6.61 Å². The number of methoxy groups -OCH3 is 1. The van der Waals surface area contributed by atoms with E-state index in [0.717, 1.165) is 5.39 Å². The van der Waals surface area contributed by atoms with Gasteiger partial charge in [-0.15, -0.1) is 0 Å². The first-order valence-electron chi connectivity index (χ1n) is 10.9. The summed E-state index contributed by atoms with van der Waals surface area (Å²) in [7, 11) is 1.51. The standard InChI is InChI=1S/C28H21NO6/c1-33-26-11-9-19(25-12-10-21(16-30)34-25)15-23(26)29-27(31)20-7-4-6-17(13-20)22-14-18-5-2-3-8-24(18)35-28(22)32/h2-15,30H,16H2,1H3,(H,29,31). The average molecular weight is 467 g/mol. The lowest BCUT2D eigenvalue weighted by Crippen LogP contribution is -2.13. The van der Waals surface area contributed by atoms with Crippen LogP contribution in [-0.4, -0.2) is 18.1 Å². The fourth-order valence-corrected chi connectivity index (χ4v) is 3.86. The number of furan rings is 1. The maximum Gasteiger partial charge on any atom is 0.344 e. The third-order valence-electron chi connectivity index (χ3n) is 5.63. The topological polar surface area (TPSA) is 102 Å².